The van der Waals surface area contributed by atoms with E-state index in [1.165, 1.54) is 13.2 Å². The van der Waals surface area contributed by atoms with Crippen molar-refractivity contribution in [2.24, 2.45) is 5.92 Å². The molecule has 1 aliphatic carbocycles. The molecule has 4 N–H and O–H groups in total. The van der Waals surface area contributed by atoms with Gasteiger partial charge in [-0.2, -0.15) is 0 Å². The van der Waals surface area contributed by atoms with Gasteiger partial charge in [-0.15, -0.1) is 10.2 Å². The van der Waals surface area contributed by atoms with Gasteiger partial charge in [0.15, 0.2) is 23.1 Å². The number of para-hydroxylation sites is 1. The van der Waals surface area contributed by atoms with Crippen molar-refractivity contribution in [2.75, 3.05) is 42.7 Å². The van der Waals surface area contributed by atoms with Crippen molar-refractivity contribution in [1.29, 1.82) is 0 Å². The number of methoxy groups -OCH3 is 1. The van der Waals surface area contributed by atoms with Gasteiger partial charge in [0.25, 0.3) is 5.91 Å². The quantitative estimate of drug-likeness (QED) is 0.356. The third-order valence-corrected chi connectivity index (χ3v) is 6.22. The number of amides is 2. The number of nitrogens with zero attached hydrogens (tertiary/aromatic N) is 5. The van der Waals surface area contributed by atoms with Crippen LogP contribution >= 0.6 is 0 Å². The van der Waals surface area contributed by atoms with Crippen LogP contribution < -0.4 is 25.6 Å². The molecule has 1 aliphatic heterocycles. The predicted octanol–water partition coefficient (Wildman–Crippen LogP) is 1.96. The lowest BCUT2D eigenvalue weighted by Gasteiger charge is -2.18. The van der Waals surface area contributed by atoms with E-state index in [1.807, 2.05) is 10.2 Å². The summed E-state index contributed by atoms with van der Waals surface area (Å²) in [6, 6.07) is 6.61. The molecule has 1 saturated heterocycles. The molecule has 0 radical (unpaired) electrons. The maximum Gasteiger partial charge on any atom is 0.273 e. The summed E-state index contributed by atoms with van der Waals surface area (Å²) in [5.74, 6) is -0.426. The number of ether oxygens (including phenoxy) is 1. The van der Waals surface area contributed by atoms with Gasteiger partial charge in [-0.3, -0.25) is 9.59 Å². The van der Waals surface area contributed by atoms with E-state index in [0.29, 0.717) is 42.3 Å². The molecule has 0 spiro atoms. The molecule has 12 heteroatoms. The van der Waals surface area contributed by atoms with Crippen LogP contribution in [0.4, 0.5) is 22.9 Å². The number of anilines is 4. The number of aliphatic hydroxyl groups excluding tert-OH is 1. The fraction of sp³-hybridized carbons (Fsp3) is 0.360. The summed E-state index contributed by atoms with van der Waals surface area (Å²) < 4.78 is 27.8. The second-order valence-electron chi connectivity index (χ2n) is 8.87. The molecule has 2 fully saturated rings. The van der Waals surface area contributed by atoms with Crippen molar-refractivity contribution in [2.45, 2.75) is 25.4 Å². The van der Waals surface area contributed by atoms with Crippen LogP contribution in [0.2, 0.25) is 0 Å². The third-order valence-electron chi connectivity index (χ3n) is 6.22. The lowest BCUT2D eigenvalue weighted by atomic mass is 10.1. The van der Waals surface area contributed by atoms with Gasteiger partial charge < -0.3 is 30.7 Å². The minimum absolute atomic E-state index is 0.0876. The van der Waals surface area contributed by atoms with Gasteiger partial charge in [-0.25, -0.2) is 9.97 Å². The molecule has 192 valence electrons. The molecule has 2 aliphatic rings. The zero-order valence-corrected chi connectivity index (χ0v) is 20.1. The Morgan fingerprint density at radius 1 is 1.16 bits per heavy atom. The molecule has 1 saturated carbocycles. The van der Waals surface area contributed by atoms with Crippen molar-refractivity contribution >= 4 is 34.7 Å². The standard InChI is InChI=1S/C25H28N8O4/c1-26-25(36)21-19(10-20(31-32-21)30-24(35)14-6-7-14)29-18-5-3-4-17(22(18)37-2)23-27-11-15(12-28-23)33-9-8-16(34)13-33/h3-5,10-12,14,16,34H,6-9,13H2,1-2H3,(H,26,36)(H2,29,30,31,35)/i1D3. The fourth-order valence-corrected chi connectivity index (χ4v) is 4.13. The number of rotatable bonds is 8. The van der Waals surface area contributed by atoms with Crippen LogP contribution in [0.15, 0.2) is 36.7 Å². The fourth-order valence-electron chi connectivity index (χ4n) is 4.13. The van der Waals surface area contributed by atoms with E-state index in [9.17, 15) is 14.7 Å². The number of carbonyl (C=O) groups excluding carboxylic acids is 2. The summed E-state index contributed by atoms with van der Waals surface area (Å²) in [5, 5.41) is 25.3. The van der Waals surface area contributed by atoms with Gasteiger partial charge in [-0.05, 0) is 31.4 Å². The number of hydrogen-bond acceptors (Lipinski definition) is 10. The molecule has 1 unspecified atom stereocenters. The molecule has 3 heterocycles. The highest BCUT2D eigenvalue weighted by atomic mass is 16.5. The molecule has 5 rings (SSSR count). The van der Waals surface area contributed by atoms with Gasteiger partial charge in [0.1, 0.15) is 0 Å². The van der Waals surface area contributed by atoms with E-state index in [4.69, 9.17) is 8.85 Å². The van der Waals surface area contributed by atoms with Gasteiger partial charge in [-0.1, -0.05) is 6.07 Å². The molecule has 1 atom stereocenters. The molecule has 37 heavy (non-hydrogen) atoms. The Morgan fingerprint density at radius 2 is 1.97 bits per heavy atom. The van der Waals surface area contributed by atoms with E-state index >= 15 is 0 Å². The highest BCUT2D eigenvalue weighted by Gasteiger charge is 2.30. The summed E-state index contributed by atoms with van der Waals surface area (Å²) in [6.07, 6.45) is 5.25. The van der Waals surface area contributed by atoms with Gasteiger partial charge in [0.2, 0.25) is 5.91 Å². The Labute approximate surface area is 217 Å². The maximum absolute atomic E-state index is 12.8. The smallest absolute Gasteiger partial charge is 0.273 e. The second-order valence-corrected chi connectivity index (χ2v) is 8.87. The molecular weight excluding hydrogens is 476 g/mol. The topological polar surface area (TPSA) is 154 Å². The first-order chi connectivity index (χ1) is 19.1. The monoisotopic (exact) mass is 507 g/mol. The van der Waals surface area contributed by atoms with Crippen molar-refractivity contribution in [3.05, 3.63) is 42.4 Å². The summed E-state index contributed by atoms with van der Waals surface area (Å²) in [4.78, 5) is 36.0. The van der Waals surface area contributed by atoms with Gasteiger partial charge in [0.05, 0.1) is 48.2 Å². The van der Waals surface area contributed by atoms with Crippen LogP contribution in [-0.2, 0) is 4.79 Å². The summed E-state index contributed by atoms with van der Waals surface area (Å²) >= 11 is 0. The highest BCUT2D eigenvalue weighted by Crippen LogP contribution is 2.37. The number of aliphatic hydroxyl groups is 1. The Morgan fingerprint density at radius 3 is 2.65 bits per heavy atom. The van der Waals surface area contributed by atoms with Crippen molar-refractivity contribution < 1.29 is 23.5 Å². The average molecular weight is 508 g/mol. The third kappa shape index (κ3) is 5.28. The van der Waals surface area contributed by atoms with Crippen molar-refractivity contribution in [3.8, 4) is 17.1 Å². The van der Waals surface area contributed by atoms with Crippen LogP contribution in [0.1, 0.15) is 33.9 Å². The minimum atomic E-state index is -2.75. The molecule has 2 amide bonds. The van der Waals surface area contributed by atoms with E-state index in [2.05, 4.69) is 30.8 Å². The Bertz CT molecular complexity index is 1420. The Balaban J connectivity index is 1.46. The molecule has 2 aromatic heterocycles. The number of hydrogen-bond donors (Lipinski definition) is 4. The first-order valence-electron chi connectivity index (χ1n) is 13.3. The molecular formula is C25H28N8O4. The van der Waals surface area contributed by atoms with Crippen molar-refractivity contribution in [1.82, 2.24) is 25.5 Å². The van der Waals surface area contributed by atoms with Crippen LogP contribution in [0.25, 0.3) is 11.4 Å². The van der Waals surface area contributed by atoms with Gasteiger partial charge >= 0.3 is 0 Å². The molecule has 12 nitrogen and oxygen atoms in total. The summed E-state index contributed by atoms with van der Waals surface area (Å²) in [5.41, 5.74) is 1.56. The number of carbonyl (C=O) groups is 2. The van der Waals surface area contributed by atoms with Crippen molar-refractivity contribution in [3.63, 3.8) is 0 Å². The summed E-state index contributed by atoms with van der Waals surface area (Å²) in [7, 11) is 1.47. The van der Waals surface area contributed by atoms with Crippen LogP contribution in [0.5, 0.6) is 5.75 Å². The maximum atomic E-state index is 12.8. The second kappa shape index (κ2) is 10.3. The lowest BCUT2D eigenvalue weighted by Crippen LogP contribution is -2.22. The van der Waals surface area contributed by atoms with E-state index < -0.39 is 12.9 Å². The van der Waals surface area contributed by atoms with Crippen LogP contribution in [0, 0.1) is 5.92 Å². The van der Waals surface area contributed by atoms with Crippen LogP contribution in [-0.4, -0.2) is 70.4 Å². The predicted molar refractivity (Wildman–Crippen MR) is 137 cm³/mol. The number of β-amino-alcohol motifs (C(OH)–C–C–N with tert-alkyl or cyclic N) is 1. The molecule has 3 aromatic rings. The lowest BCUT2D eigenvalue weighted by molar-refractivity contribution is -0.117. The molecule has 0 bridgehead atoms. The van der Waals surface area contributed by atoms with Gasteiger partial charge in [0, 0.05) is 36.2 Å². The van der Waals surface area contributed by atoms with Crippen LogP contribution in [0.3, 0.4) is 0 Å². The number of benzene rings is 1. The number of nitrogens with one attached hydrogen (secondary N) is 3. The SMILES string of the molecule is [2H]C([2H])([2H])NC(=O)c1nnc(NC(=O)C2CC2)cc1Nc1cccc(-c2ncc(N3CCC(O)C3)cn2)c1OC. The number of aromatic nitrogens is 4. The van der Waals surface area contributed by atoms with E-state index in [1.54, 1.807) is 30.6 Å². The first-order valence-corrected chi connectivity index (χ1v) is 11.8. The highest BCUT2D eigenvalue weighted by molar-refractivity contribution is 6.00. The Kier molecular flexibility index (Phi) is 5.83. The van der Waals surface area contributed by atoms with E-state index in [0.717, 1.165) is 18.5 Å². The largest absolute Gasteiger partial charge is 0.494 e. The molecule has 1 aromatic carbocycles. The summed E-state index contributed by atoms with van der Waals surface area (Å²) in [6.45, 7) is -1.51. The zero-order chi connectivity index (χ0) is 28.4. The average Bonchev–Trinajstić information content (AvgIpc) is 3.68. The zero-order valence-electron chi connectivity index (χ0n) is 23.1. The minimum Gasteiger partial charge on any atom is -0.494 e. The van der Waals surface area contributed by atoms with E-state index in [-0.39, 0.29) is 35.1 Å². The first kappa shape index (κ1) is 20.8. The Hall–Kier alpha value is -4.32. The normalized spacial score (nSPS) is 18.4.